The highest BCUT2D eigenvalue weighted by molar-refractivity contribution is 9.10. The van der Waals surface area contributed by atoms with Gasteiger partial charge < -0.3 is 5.32 Å². The predicted molar refractivity (Wildman–Crippen MR) is 83.3 cm³/mol. The molecule has 0 fully saturated rings. The maximum atomic E-state index is 3.56. The van der Waals surface area contributed by atoms with Gasteiger partial charge in [0, 0.05) is 20.4 Å². The number of hydrogen-bond donors (Lipinski definition) is 1. The van der Waals surface area contributed by atoms with Gasteiger partial charge in [-0.3, -0.25) is 0 Å². The van der Waals surface area contributed by atoms with Crippen LogP contribution >= 0.6 is 27.3 Å². The van der Waals surface area contributed by atoms with E-state index in [4.69, 9.17) is 0 Å². The van der Waals surface area contributed by atoms with E-state index < -0.39 is 0 Å². The zero-order chi connectivity index (χ0) is 12.4. The molecule has 2 aromatic carbocycles. The molecule has 1 N–H and O–H groups in total. The standard InChI is InChI=1S/C15H12BrNS/c16-13-8-9-18-15(13)10-17-14-7-3-5-11-4-1-2-6-12(11)14/h1-9,17H,10H2. The molecular weight excluding hydrogens is 306 g/mol. The topological polar surface area (TPSA) is 12.0 Å². The fourth-order valence-corrected chi connectivity index (χ4v) is 3.44. The quantitative estimate of drug-likeness (QED) is 0.693. The highest BCUT2D eigenvalue weighted by Crippen LogP contribution is 2.26. The molecule has 0 atom stereocenters. The van der Waals surface area contributed by atoms with Crippen molar-refractivity contribution in [2.75, 3.05) is 5.32 Å². The molecule has 0 unspecified atom stereocenters. The third-order valence-electron chi connectivity index (χ3n) is 2.92. The fraction of sp³-hybridized carbons (Fsp3) is 0.0667. The van der Waals surface area contributed by atoms with Gasteiger partial charge in [0.25, 0.3) is 0 Å². The average molecular weight is 318 g/mol. The van der Waals surface area contributed by atoms with E-state index in [-0.39, 0.29) is 0 Å². The van der Waals surface area contributed by atoms with Crippen LogP contribution < -0.4 is 5.32 Å². The van der Waals surface area contributed by atoms with Gasteiger partial charge in [0.1, 0.15) is 0 Å². The van der Waals surface area contributed by atoms with Gasteiger partial charge in [0.05, 0.1) is 6.54 Å². The van der Waals surface area contributed by atoms with E-state index in [1.54, 1.807) is 11.3 Å². The summed E-state index contributed by atoms with van der Waals surface area (Å²) in [5, 5.41) is 8.15. The normalized spacial score (nSPS) is 10.7. The SMILES string of the molecule is Brc1ccsc1CNc1cccc2ccccc12. The Kier molecular flexibility index (Phi) is 3.35. The van der Waals surface area contributed by atoms with E-state index in [1.807, 2.05) is 0 Å². The maximum absolute atomic E-state index is 3.56. The van der Waals surface area contributed by atoms with Crippen LogP contribution in [-0.2, 0) is 6.54 Å². The van der Waals surface area contributed by atoms with Crippen LogP contribution in [-0.4, -0.2) is 0 Å². The summed E-state index contributed by atoms with van der Waals surface area (Å²) in [6.07, 6.45) is 0. The van der Waals surface area contributed by atoms with Crippen LogP contribution in [0.4, 0.5) is 5.69 Å². The molecule has 0 saturated carbocycles. The Bertz CT molecular complexity index is 670. The van der Waals surface area contributed by atoms with Crippen LogP contribution in [0.15, 0.2) is 58.4 Å². The van der Waals surface area contributed by atoms with Gasteiger partial charge in [0.15, 0.2) is 0 Å². The summed E-state index contributed by atoms with van der Waals surface area (Å²) >= 11 is 5.32. The number of anilines is 1. The second-order valence-electron chi connectivity index (χ2n) is 4.07. The van der Waals surface area contributed by atoms with Crippen molar-refractivity contribution in [1.82, 2.24) is 0 Å². The highest BCUT2D eigenvalue weighted by Gasteiger charge is 2.03. The van der Waals surface area contributed by atoms with E-state index in [9.17, 15) is 0 Å². The fourth-order valence-electron chi connectivity index (χ4n) is 2.01. The third kappa shape index (κ3) is 2.28. The van der Waals surface area contributed by atoms with E-state index in [1.165, 1.54) is 25.8 Å². The summed E-state index contributed by atoms with van der Waals surface area (Å²) in [5.74, 6) is 0. The molecule has 0 bridgehead atoms. The Morgan fingerprint density at radius 1 is 1.00 bits per heavy atom. The first-order chi connectivity index (χ1) is 8.84. The Hall–Kier alpha value is -1.32. The van der Waals surface area contributed by atoms with Gasteiger partial charge >= 0.3 is 0 Å². The lowest BCUT2D eigenvalue weighted by Crippen LogP contribution is -1.98. The molecule has 0 aliphatic rings. The zero-order valence-corrected chi connectivity index (χ0v) is 12.1. The minimum atomic E-state index is 0.853. The van der Waals surface area contributed by atoms with E-state index in [0.717, 1.165) is 6.54 Å². The molecule has 3 heteroatoms. The van der Waals surface area contributed by atoms with Crippen molar-refractivity contribution >= 4 is 43.7 Å². The van der Waals surface area contributed by atoms with Crippen LogP contribution in [0.1, 0.15) is 4.88 Å². The van der Waals surface area contributed by atoms with Crippen LogP contribution in [0.25, 0.3) is 10.8 Å². The highest BCUT2D eigenvalue weighted by atomic mass is 79.9. The minimum Gasteiger partial charge on any atom is -0.380 e. The van der Waals surface area contributed by atoms with Crippen molar-refractivity contribution in [3.05, 3.63) is 63.3 Å². The van der Waals surface area contributed by atoms with Crippen LogP contribution in [0.3, 0.4) is 0 Å². The first-order valence-corrected chi connectivity index (χ1v) is 7.45. The lowest BCUT2D eigenvalue weighted by molar-refractivity contribution is 1.19. The van der Waals surface area contributed by atoms with Crippen molar-refractivity contribution < 1.29 is 0 Å². The smallest absolute Gasteiger partial charge is 0.0505 e. The monoisotopic (exact) mass is 317 g/mol. The average Bonchev–Trinajstić information content (AvgIpc) is 2.82. The largest absolute Gasteiger partial charge is 0.380 e. The Labute approximate surface area is 119 Å². The molecule has 18 heavy (non-hydrogen) atoms. The lowest BCUT2D eigenvalue weighted by atomic mass is 10.1. The molecule has 3 aromatic rings. The number of fused-ring (bicyclic) bond motifs is 1. The molecule has 0 radical (unpaired) electrons. The van der Waals surface area contributed by atoms with E-state index in [0.29, 0.717) is 0 Å². The van der Waals surface area contributed by atoms with Gasteiger partial charge in [-0.2, -0.15) is 0 Å². The van der Waals surface area contributed by atoms with Crippen LogP contribution in [0.2, 0.25) is 0 Å². The number of nitrogens with one attached hydrogen (secondary N) is 1. The Morgan fingerprint density at radius 3 is 2.67 bits per heavy atom. The molecule has 0 saturated heterocycles. The molecule has 0 amide bonds. The van der Waals surface area contributed by atoms with Gasteiger partial charge in [-0.15, -0.1) is 11.3 Å². The van der Waals surface area contributed by atoms with Gasteiger partial charge in [-0.1, -0.05) is 36.4 Å². The van der Waals surface area contributed by atoms with Crippen LogP contribution in [0.5, 0.6) is 0 Å². The Morgan fingerprint density at radius 2 is 1.83 bits per heavy atom. The van der Waals surface area contributed by atoms with Crippen LogP contribution in [0, 0.1) is 0 Å². The minimum absolute atomic E-state index is 0.853. The van der Waals surface area contributed by atoms with Crippen molar-refractivity contribution in [2.24, 2.45) is 0 Å². The number of thiophene rings is 1. The molecule has 3 rings (SSSR count). The number of rotatable bonds is 3. The Balaban J connectivity index is 1.89. The van der Waals surface area contributed by atoms with Crippen molar-refractivity contribution in [2.45, 2.75) is 6.54 Å². The first-order valence-electron chi connectivity index (χ1n) is 5.78. The number of benzene rings is 2. The second-order valence-corrected chi connectivity index (χ2v) is 5.93. The molecule has 1 nitrogen and oxygen atoms in total. The molecule has 90 valence electrons. The van der Waals surface area contributed by atoms with Gasteiger partial charge in [-0.25, -0.2) is 0 Å². The first kappa shape index (κ1) is 11.8. The summed E-state index contributed by atoms with van der Waals surface area (Å²) in [6.45, 7) is 0.853. The summed E-state index contributed by atoms with van der Waals surface area (Å²) in [6, 6.07) is 16.9. The van der Waals surface area contributed by atoms with Gasteiger partial charge in [-0.05, 0) is 38.8 Å². The predicted octanol–water partition coefficient (Wildman–Crippen LogP) is 5.28. The number of hydrogen-bond acceptors (Lipinski definition) is 2. The zero-order valence-electron chi connectivity index (χ0n) is 9.69. The summed E-state index contributed by atoms with van der Waals surface area (Å²) in [7, 11) is 0. The summed E-state index contributed by atoms with van der Waals surface area (Å²) in [5.41, 5.74) is 1.19. The molecular formula is C15H12BrNS. The van der Waals surface area contributed by atoms with Gasteiger partial charge in [0.2, 0.25) is 0 Å². The molecule has 0 aliphatic heterocycles. The molecule has 0 aliphatic carbocycles. The third-order valence-corrected chi connectivity index (χ3v) is 4.85. The molecule has 1 heterocycles. The van der Waals surface area contributed by atoms with Crippen molar-refractivity contribution in [3.63, 3.8) is 0 Å². The lowest BCUT2D eigenvalue weighted by Gasteiger charge is -2.09. The second kappa shape index (κ2) is 5.12. The van der Waals surface area contributed by atoms with Crippen molar-refractivity contribution in [3.8, 4) is 0 Å². The molecule has 1 aromatic heterocycles. The maximum Gasteiger partial charge on any atom is 0.0505 e. The van der Waals surface area contributed by atoms with Crippen molar-refractivity contribution in [1.29, 1.82) is 0 Å². The molecule has 0 spiro atoms. The summed E-state index contributed by atoms with van der Waals surface area (Å²) < 4.78 is 1.18. The van der Waals surface area contributed by atoms with E-state index in [2.05, 4.69) is 75.2 Å². The summed E-state index contributed by atoms with van der Waals surface area (Å²) in [4.78, 5) is 1.32. The number of halogens is 1. The van der Waals surface area contributed by atoms with E-state index >= 15 is 0 Å².